The van der Waals surface area contributed by atoms with Crippen molar-refractivity contribution in [3.63, 3.8) is 0 Å². The van der Waals surface area contributed by atoms with E-state index in [4.69, 9.17) is 0 Å². The fourth-order valence-electron chi connectivity index (χ4n) is 5.55. The van der Waals surface area contributed by atoms with Crippen LogP contribution in [-0.2, 0) is 0 Å². The molecule has 0 nitrogen and oxygen atoms in total. The van der Waals surface area contributed by atoms with Gasteiger partial charge in [0.1, 0.15) is 11.6 Å². The van der Waals surface area contributed by atoms with E-state index in [1.807, 2.05) is 0 Å². The molecule has 0 saturated heterocycles. The standard InChI is InChI=1S/C17H18Br2F2/c18-13-5-14(20)12(4-15(13)21)16(19)17-6-9-1-10(7-17)3-11(2-9)8-17/h4-5,9-11,16H,1-3,6-8H2. The molecule has 0 aromatic heterocycles. The topological polar surface area (TPSA) is 0 Å². The van der Waals surface area contributed by atoms with Crippen LogP contribution in [0.15, 0.2) is 16.6 Å². The van der Waals surface area contributed by atoms with E-state index < -0.39 is 0 Å². The van der Waals surface area contributed by atoms with Crippen molar-refractivity contribution in [3.05, 3.63) is 33.8 Å². The molecule has 21 heavy (non-hydrogen) atoms. The average Bonchev–Trinajstić information content (AvgIpc) is 2.40. The molecule has 4 bridgehead atoms. The molecule has 0 heterocycles. The van der Waals surface area contributed by atoms with Gasteiger partial charge < -0.3 is 0 Å². The van der Waals surface area contributed by atoms with Gasteiger partial charge in [-0.25, -0.2) is 8.78 Å². The van der Waals surface area contributed by atoms with Gasteiger partial charge in [0, 0.05) is 10.4 Å². The van der Waals surface area contributed by atoms with E-state index in [0.717, 1.165) is 17.8 Å². The van der Waals surface area contributed by atoms with Crippen LogP contribution in [0.3, 0.4) is 0 Å². The van der Waals surface area contributed by atoms with E-state index in [1.165, 1.54) is 50.7 Å². The minimum atomic E-state index is -0.374. The van der Waals surface area contributed by atoms with Crippen LogP contribution < -0.4 is 0 Å². The molecule has 0 spiro atoms. The smallest absolute Gasteiger partial charge is 0.137 e. The average molecular weight is 420 g/mol. The zero-order valence-electron chi connectivity index (χ0n) is 11.7. The molecule has 4 aliphatic rings. The molecule has 1 aromatic rings. The number of benzene rings is 1. The number of alkyl halides is 1. The quantitative estimate of drug-likeness (QED) is 0.385. The Morgan fingerprint density at radius 3 is 2.00 bits per heavy atom. The van der Waals surface area contributed by atoms with E-state index in [-0.39, 0.29) is 26.3 Å². The molecular weight excluding hydrogens is 402 g/mol. The minimum Gasteiger partial charge on any atom is -0.207 e. The Morgan fingerprint density at radius 1 is 0.952 bits per heavy atom. The third kappa shape index (κ3) is 2.32. The van der Waals surface area contributed by atoms with Crippen molar-refractivity contribution in [2.75, 3.05) is 0 Å². The highest BCUT2D eigenvalue weighted by Gasteiger charge is 2.54. The van der Waals surface area contributed by atoms with Crippen molar-refractivity contribution >= 4 is 31.9 Å². The van der Waals surface area contributed by atoms with Crippen molar-refractivity contribution in [1.29, 1.82) is 0 Å². The number of hydrogen-bond acceptors (Lipinski definition) is 0. The van der Waals surface area contributed by atoms with Crippen molar-refractivity contribution < 1.29 is 8.78 Å². The Morgan fingerprint density at radius 2 is 1.48 bits per heavy atom. The molecule has 4 aliphatic carbocycles. The summed E-state index contributed by atoms with van der Waals surface area (Å²) in [6.07, 6.45) is 7.59. The second-order valence-corrected chi connectivity index (χ2v) is 9.20. The first kappa shape index (κ1) is 14.6. The first-order chi connectivity index (χ1) is 9.97. The summed E-state index contributed by atoms with van der Waals surface area (Å²) in [7, 11) is 0. The summed E-state index contributed by atoms with van der Waals surface area (Å²) in [5.74, 6) is 1.74. The molecule has 4 fully saturated rings. The Hall–Kier alpha value is 0.0400. The summed E-state index contributed by atoms with van der Waals surface area (Å²) in [6.45, 7) is 0. The van der Waals surface area contributed by atoms with Crippen LogP contribution in [0.1, 0.15) is 48.9 Å². The van der Waals surface area contributed by atoms with Gasteiger partial charge >= 0.3 is 0 Å². The van der Waals surface area contributed by atoms with Crippen LogP contribution in [-0.4, -0.2) is 0 Å². The Labute approximate surface area is 140 Å². The molecule has 114 valence electrons. The summed E-state index contributed by atoms with van der Waals surface area (Å²) in [5.41, 5.74) is 0.633. The molecular formula is C17H18Br2F2. The lowest BCUT2D eigenvalue weighted by Gasteiger charge is -2.58. The maximum atomic E-state index is 14.3. The van der Waals surface area contributed by atoms with Crippen LogP contribution in [0.2, 0.25) is 0 Å². The van der Waals surface area contributed by atoms with Crippen LogP contribution >= 0.6 is 31.9 Å². The molecule has 1 atom stereocenters. The largest absolute Gasteiger partial charge is 0.207 e. The molecule has 0 amide bonds. The van der Waals surface area contributed by atoms with Crippen molar-refractivity contribution in [2.24, 2.45) is 23.2 Å². The Balaban J connectivity index is 1.71. The van der Waals surface area contributed by atoms with E-state index in [1.54, 1.807) is 0 Å². The highest BCUT2D eigenvalue weighted by molar-refractivity contribution is 9.10. The lowest BCUT2D eigenvalue weighted by molar-refractivity contribution is -0.0532. The molecule has 1 unspecified atom stereocenters. The van der Waals surface area contributed by atoms with Gasteiger partial charge in [-0.15, -0.1) is 0 Å². The monoisotopic (exact) mass is 418 g/mol. The van der Waals surface area contributed by atoms with Gasteiger partial charge in [0.15, 0.2) is 0 Å². The SMILES string of the molecule is Fc1cc(C(Br)C23CC4CC(CC(C4)C2)C3)c(F)cc1Br. The van der Waals surface area contributed by atoms with Gasteiger partial charge in [-0.1, -0.05) is 15.9 Å². The predicted octanol–water partition coefficient (Wildman–Crippen LogP) is 6.38. The molecule has 5 rings (SSSR count). The van der Waals surface area contributed by atoms with Crippen molar-refractivity contribution in [3.8, 4) is 0 Å². The van der Waals surface area contributed by atoms with E-state index in [0.29, 0.717) is 5.56 Å². The van der Waals surface area contributed by atoms with Gasteiger partial charge in [0.25, 0.3) is 0 Å². The number of hydrogen-bond donors (Lipinski definition) is 0. The summed E-state index contributed by atoms with van der Waals surface area (Å²) >= 11 is 6.82. The normalized spacial score (nSPS) is 38.8. The van der Waals surface area contributed by atoms with Crippen LogP contribution in [0, 0.1) is 34.8 Å². The maximum absolute atomic E-state index is 14.3. The fourth-order valence-corrected chi connectivity index (χ4v) is 6.78. The first-order valence-electron chi connectivity index (χ1n) is 7.75. The van der Waals surface area contributed by atoms with Crippen LogP contribution in [0.25, 0.3) is 0 Å². The van der Waals surface area contributed by atoms with E-state index in [2.05, 4.69) is 31.9 Å². The number of rotatable bonds is 2. The van der Waals surface area contributed by atoms with Crippen LogP contribution in [0.4, 0.5) is 8.78 Å². The van der Waals surface area contributed by atoms with E-state index in [9.17, 15) is 8.78 Å². The van der Waals surface area contributed by atoms with Gasteiger partial charge in [0.2, 0.25) is 0 Å². The summed E-state index contributed by atoms with van der Waals surface area (Å²) in [6, 6.07) is 2.64. The maximum Gasteiger partial charge on any atom is 0.137 e. The highest BCUT2D eigenvalue weighted by Crippen LogP contribution is 2.66. The zero-order chi connectivity index (χ0) is 14.8. The van der Waals surface area contributed by atoms with Crippen molar-refractivity contribution in [1.82, 2.24) is 0 Å². The first-order valence-corrected chi connectivity index (χ1v) is 9.46. The summed E-state index contributed by atoms with van der Waals surface area (Å²) < 4.78 is 28.4. The fraction of sp³-hybridized carbons (Fsp3) is 0.647. The van der Waals surface area contributed by atoms with E-state index >= 15 is 0 Å². The molecule has 1 aromatic carbocycles. The zero-order valence-corrected chi connectivity index (χ0v) is 14.9. The van der Waals surface area contributed by atoms with Gasteiger partial charge in [-0.2, -0.15) is 0 Å². The molecule has 0 N–H and O–H groups in total. The Kier molecular flexibility index (Phi) is 3.50. The highest BCUT2D eigenvalue weighted by atomic mass is 79.9. The summed E-state index contributed by atoms with van der Waals surface area (Å²) in [5, 5.41) is 0. The lowest BCUT2D eigenvalue weighted by Crippen LogP contribution is -2.47. The molecule has 4 saturated carbocycles. The molecule has 0 aliphatic heterocycles. The second kappa shape index (κ2) is 5.02. The molecule has 4 heteroatoms. The third-order valence-corrected chi connectivity index (χ3v) is 8.01. The van der Waals surface area contributed by atoms with Crippen LogP contribution in [0.5, 0.6) is 0 Å². The second-order valence-electron chi connectivity index (χ2n) is 7.43. The lowest BCUT2D eigenvalue weighted by atomic mass is 9.48. The van der Waals surface area contributed by atoms with Gasteiger partial charge in [-0.05, 0) is 89.8 Å². The third-order valence-electron chi connectivity index (χ3n) is 5.94. The summed E-state index contributed by atoms with van der Waals surface area (Å²) in [4.78, 5) is -0.0685. The van der Waals surface area contributed by atoms with Gasteiger partial charge in [0.05, 0.1) is 4.47 Å². The minimum absolute atomic E-state index is 0.0685. The van der Waals surface area contributed by atoms with Gasteiger partial charge in [-0.3, -0.25) is 0 Å². The Bertz CT molecular complexity index is 549. The predicted molar refractivity (Wildman–Crippen MR) is 86.3 cm³/mol. The molecule has 0 radical (unpaired) electrons. The number of halogens is 4. The van der Waals surface area contributed by atoms with Crippen molar-refractivity contribution in [2.45, 2.75) is 43.4 Å².